The van der Waals surface area contributed by atoms with Crippen molar-refractivity contribution in [3.63, 3.8) is 0 Å². The van der Waals surface area contributed by atoms with Crippen LogP contribution < -0.4 is 16.0 Å². The number of alkyl halides is 2. The Kier molecular flexibility index (Phi) is 15.4. The SMILES string of the molecule is O=C(Nc1ccc(F)c(Cl)c1)c1ccc(F)c(S(=O)(=O)C2CC(O)C(F)C2)c1.O=C(Nc1ccc(F)c(Cl)c1)c1ccc(F)c(S(=O)(=O)Cl)c1.OC1CNCC1F. The van der Waals surface area contributed by atoms with Gasteiger partial charge in [0.2, 0.25) is 0 Å². The van der Waals surface area contributed by atoms with Gasteiger partial charge in [-0.15, -0.1) is 0 Å². The van der Waals surface area contributed by atoms with Crippen molar-refractivity contribution in [2.75, 3.05) is 23.7 Å². The van der Waals surface area contributed by atoms with E-state index in [9.17, 15) is 57.9 Å². The summed E-state index contributed by atoms with van der Waals surface area (Å²) in [4.78, 5) is 22.8. The van der Waals surface area contributed by atoms with Crippen molar-refractivity contribution in [2.45, 2.75) is 52.4 Å². The van der Waals surface area contributed by atoms with Crippen LogP contribution in [-0.4, -0.2) is 81.8 Å². The van der Waals surface area contributed by atoms with Crippen molar-refractivity contribution in [1.29, 1.82) is 0 Å². The van der Waals surface area contributed by atoms with Crippen LogP contribution in [0.3, 0.4) is 0 Å². The fraction of sp³-hybridized carbons (Fsp3) is 0.257. The number of rotatable bonds is 7. The van der Waals surface area contributed by atoms with E-state index in [0.29, 0.717) is 13.1 Å². The molecule has 11 nitrogen and oxygen atoms in total. The number of hydrogen-bond donors (Lipinski definition) is 5. The minimum Gasteiger partial charge on any atom is -0.390 e. The molecule has 0 radical (unpaired) electrons. The summed E-state index contributed by atoms with van der Waals surface area (Å²) in [7, 11) is -3.55. The second-order valence-electron chi connectivity index (χ2n) is 12.4. The highest BCUT2D eigenvalue weighted by Crippen LogP contribution is 2.33. The minimum absolute atomic E-state index is 0.138. The van der Waals surface area contributed by atoms with Crippen LogP contribution in [-0.2, 0) is 18.9 Å². The zero-order valence-electron chi connectivity index (χ0n) is 28.7. The highest BCUT2D eigenvalue weighted by atomic mass is 35.7. The monoisotopic (exact) mass is 903 g/mol. The number of benzene rings is 4. The Labute approximate surface area is 336 Å². The summed E-state index contributed by atoms with van der Waals surface area (Å²) in [5.74, 6) is -5.00. The Hall–Kier alpha value is -3.95. The molecule has 1 aliphatic carbocycles. The molecule has 1 saturated carbocycles. The average molecular weight is 905 g/mol. The van der Waals surface area contributed by atoms with E-state index in [1.165, 1.54) is 18.2 Å². The zero-order valence-corrected chi connectivity index (χ0v) is 32.6. The highest BCUT2D eigenvalue weighted by molar-refractivity contribution is 8.13. The molecule has 1 heterocycles. The van der Waals surface area contributed by atoms with Gasteiger partial charge in [0, 0.05) is 46.3 Å². The van der Waals surface area contributed by atoms with Gasteiger partial charge < -0.3 is 26.2 Å². The maximum Gasteiger partial charge on any atom is 0.264 e. The molecule has 0 spiro atoms. The average Bonchev–Trinajstić information content (AvgIpc) is 3.70. The van der Waals surface area contributed by atoms with E-state index < -0.39 is 100.0 Å². The van der Waals surface area contributed by atoms with Gasteiger partial charge >= 0.3 is 0 Å². The first-order chi connectivity index (χ1) is 26.6. The van der Waals surface area contributed by atoms with E-state index in [1.54, 1.807) is 0 Å². The number of sulfone groups is 1. The van der Waals surface area contributed by atoms with E-state index >= 15 is 0 Å². The van der Waals surface area contributed by atoms with E-state index in [2.05, 4.69) is 16.0 Å². The summed E-state index contributed by atoms with van der Waals surface area (Å²) in [6.07, 6.45) is -5.75. The number of β-amino-alcohol motifs (C(OH)–C–C–N with tert-alkyl or cyclic N) is 1. The first kappa shape index (κ1) is 45.7. The van der Waals surface area contributed by atoms with Gasteiger partial charge in [0.15, 0.2) is 9.84 Å². The maximum atomic E-state index is 14.2. The lowest BCUT2D eigenvalue weighted by molar-refractivity contribution is 0.101. The summed E-state index contributed by atoms with van der Waals surface area (Å²) in [5, 5.41) is 23.8. The second kappa shape index (κ2) is 19.2. The van der Waals surface area contributed by atoms with Crippen LogP contribution in [0.2, 0.25) is 10.0 Å². The van der Waals surface area contributed by atoms with E-state index in [-0.39, 0.29) is 39.0 Å². The molecule has 5 atom stereocenters. The van der Waals surface area contributed by atoms with Crippen molar-refractivity contribution >= 4 is 76.0 Å². The zero-order chi connectivity index (χ0) is 42.4. The number of anilines is 2. The third kappa shape index (κ3) is 12.0. The van der Waals surface area contributed by atoms with Gasteiger partial charge in [0.25, 0.3) is 20.9 Å². The van der Waals surface area contributed by atoms with Crippen LogP contribution in [0.1, 0.15) is 33.6 Å². The summed E-state index contributed by atoms with van der Waals surface area (Å²) in [6.45, 7) is 0.711. The fourth-order valence-corrected chi connectivity index (χ4v) is 8.40. The molecule has 5 unspecified atom stereocenters. The second-order valence-corrected chi connectivity index (χ2v) is 17.9. The fourth-order valence-electron chi connectivity index (χ4n) is 5.24. The van der Waals surface area contributed by atoms with Gasteiger partial charge in [-0.05, 0) is 85.6 Å². The molecule has 2 aliphatic rings. The third-order valence-corrected chi connectivity index (χ3v) is 12.4. The standard InChI is InChI=1S/C18H15ClF3NO4S.C13H7Cl2F2NO3S.C4H8FNO/c19-12-6-10(2-4-13(12)20)23-18(25)9-1-3-14(21)17(5-9)28(26,27)11-7-15(22)16(24)8-11;14-9-6-8(2-4-10(9)16)18-13(19)7-1-3-11(17)12(5-7)22(15,20)21;5-3-1-6-2-4(3)7/h1-6,11,15-16,24H,7-8H2,(H,23,25);1-6H,(H,18,19);3-4,6-7H,1-2H2. The number of aliphatic hydroxyl groups excluding tert-OH is 2. The van der Waals surface area contributed by atoms with Gasteiger partial charge in [-0.25, -0.2) is 43.2 Å². The Morgan fingerprint density at radius 2 is 1.09 bits per heavy atom. The van der Waals surface area contributed by atoms with Crippen molar-refractivity contribution < 1.29 is 63.0 Å². The topological polar surface area (TPSA) is 179 Å². The number of halogens is 9. The smallest absolute Gasteiger partial charge is 0.264 e. The van der Waals surface area contributed by atoms with Crippen LogP contribution in [0.5, 0.6) is 0 Å². The quantitative estimate of drug-likeness (QED) is 0.101. The molecule has 6 rings (SSSR count). The first-order valence-corrected chi connectivity index (χ1v) is 20.8. The number of carbonyl (C=O) groups excluding carboxylic acids is 2. The lowest BCUT2D eigenvalue weighted by Crippen LogP contribution is -2.21. The Morgan fingerprint density at radius 1 is 0.632 bits per heavy atom. The van der Waals surface area contributed by atoms with Crippen molar-refractivity contribution in [3.8, 4) is 0 Å². The Morgan fingerprint density at radius 3 is 1.46 bits per heavy atom. The molecular formula is C35H30Cl3F6N3O8S2. The molecule has 2 amide bonds. The van der Waals surface area contributed by atoms with Crippen LogP contribution >= 0.6 is 33.9 Å². The van der Waals surface area contributed by atoms with Crippen LogP contribution in [0, 0.1) is 23.3 Å². The molecule has 22 heteroatoms. The predicted molar refractivity (Wildman–Crippen MR) is 199 cm³/mol. The van der Waals surface area contributed by atoms with E-state index in [1.807, 2.05) is 0 Å². The third-order valence-electron chi connectivity index (χ3n) is 8.27. The summed E-state index contributed by atoms with van der Waals surface area (Å²) < 4.78 is 127. The molecule has 308 valence electrons. The van der Waals surface area contributed by atoms with Gasteiger partial charge in [-0.2, -0.15) is 0 Å². The molecule has 0 bridgehead atoms. The van der Waals surface area contributed by atoms with Crippen LogP contribution in [0.25, 0.3) is 0 Å². The van der Waals surface area contributed by atoms with Gasteiger partial charge in [0.05, 0.1) is 27.5 Å². The van der Waals surface area contributed by atoms with Crippen LogP contribution in [0.4, 0.5) is 37.7 Å². The van der Waals surface area contributed by atoms with Crippen molar-refractivity contribution in [1.82, 2.24) is 5.32 Å². The summed E-state index contributed by atoms with van der Waals surface area (Å²) in [5.41, 5.74) is 0.0390. The lowest BCUT2D eigenvalue weighted by Gasteiger charge is -2.13. The first-order valence-electron chi connectivity index (χ1n) is 16.2. The van der Waals surface area contributed by atoms with E-state index in [4.69, 9.17) is 39.0 Å². The number of carbonyl (C=O) groups is 2. The molecule has 1 saturated heterocycles. The van der Waals surface area contributed by atoms with Crippen molar-refractivity contribution in [3.05, 3.63) is 117 Å². The molecule has 1 aliphatic heterocycles. The number of nitrogens with one attached hydrogen (secondary N) is 3. The highest BCUT2D eigenvalue weighted by Gasteiger charge is 2.42. The normalized spacial score (nSPS) is 20.4. The molecule has 0 aromatic heterocycles. The number of aliphatic hydroxyl groups is 2. The van der Waals surface area contributed by atoms with Crippen molar-refractivity contribution in [2.24, 2.45) is 0 Å². The van der Waals surface area contributed by atoms with Gasteiger partial charge in [0.1, 0.15) is 45.4 Å². The van der Waals surface area contributed by atoms with Gasteiger partial charge in [-0.3, -0.25) is 9.59 Å². The summed E-state index contributed by atoms with van der Waals surface area (Å²) in [6, 6.07) is 12.4. The minimum atomic E-state index is -4.33. The molecular weight excluding hydrogens is 875 g/mol. The van der Waals surface area contributed by atoms with E-state index in [0.717, 1.165) is 54.6 Å². The molecule has 5 N–H and O–H groups in total. The number of amides is 2. The lowest BCUT2D eigenvalue weighted by atomic mass is 10.2. The van der Waals surface area contributed by atoms with Gasteiger partial charge in [-0.1, -0.05) is 23.2 Å². The Balaban J connectivity index is 0.000000220. The molecule has 2 fully saturated rings. The maximum absolute atomic E-state index is 14.2. The Bertz CT molecular complexity index is 2350. The summed E-state index contributed by atoms with van der Waals surface area (Å²) >= 11 is 11.2. The van der Waals surface area contributed by atoms with Crippen LogP contribution in [0.15, 0.2) is 82.6 Å². The molecule has 4 aromatic rings. The number of hydrogen-bond acceptors (Lipinski definition) is 9. The predicted octanol–water partition coefficient (Wildman–Crippen LogP) is 6.59. The largest absolute Gasteiger partial charge is 0.390 e. The molecule has 4 aromatic carbocycles. The molecule has 57 heavy (non-hydrogen) atoms.